The Morgan fingerprint density at radius 3 is 1.53 bits per heavy atom. The molecule has 10 aromatic rings. The molecule has 0 saturated heterocycles. The fourth-order valence-corrected chi connectivity index (χ4v) is 8.77. The second-order valence-corrected chi connectivity index (χ2v) is 14.6. The Hall–Kier alpha value is -7.01. The summed E-state index contributed by atoms with van der Waals surface area (Å²) in [5.74, 6) is 0.705. The van der Waals surface area contributed by atoms with Crippen molar-refractivity contribution in [1.82, 2.24) is 15.0 Å². The van der Waals surface area contributed by atoms with Gasteiger partial charge in [0.2, 0.25) is 0 Å². The zero-order valence-corrected chi connectivity index (χ0v) is 30.6. The van der Waals surface area contributed by atoms with Crippen molar-refractivity contribution >= 4 is 32.3 Å². The Bertz CT molecular complexity index is 2880. The van der Waals surface area contributed by atoms with Gasteiger partial charge < -0.3 is 0 Å². The van der Waals surface area contributed by atoms with E-state index < -0.39 is 0 Å². The number of benzene rings is 7. The Labute approximate surface area is 323 Å². The van der Waals surface area contributed by atoms with E-state index in [1.807, 2.05) is 47.7 Å². The normalized spacial score (nSPS) is 11.3. The molecule has 0 radical (unpaired) electrons. The third-order valence-corrected chi connectivity index (χ3v) is 11.4. The molecule has 0 bridgehead atoms. The first kappa shape index (κ1) is 32.6. The average Bonchev–Trinajstić information content (AvgIpc) is 3.68. The number of nitrogens with zero attached hydrogens (tertiary/aromatic N) is 3. The van der Waals surface area contributed by atoms with E-state index in [2.05, 4.69) is 164 Å². The Balaban J connectivity index is 1.19. The van der Waals surface area contributed by atoms with Crippen LogP contribution in [0.4, 0.5) is 0 Å². The van der Waals surface area contributed by atoms with E-state index in [9.17, 15) is 0 Å². The molecule has 4 heteroatoms. The molecule has 0 spiro atoms. The van der Waals surface area contributed by atoms with E-state index in [1.54, 1.807) is 0 Å². The maximum Gasteiger partial charge on any atom is 0.160 e. The minimum atomic E-state index is 0.705. The largest absolute Gasteiger partial charge is 0.247 e. The van der Waals surface area contributed by atoms with Gasteiger partial charge in [0.25, 0.3) is 0 Å². The van der Waals surface area contributed by atoms with Gasteiger partial charge in [-0.3, -0.25) is 0 Å². The van der Waals surface area contributed by atoms with Crippen molar-refractivity contribution in [2.45, 2.75) is 0 Å². The van der Waals surface area contributed by atoms with Gasteiger partial charge in [-0.25, -0.2) is 15.0 Å². The summed E-state index contributed by atoms with van der Waals surface area (Å²) < 4.78 is 1.24. The SMILES string of the molecule is c1ccc(-c2cccc(-c3sc4c(c(-c5ccccc5)nc5ccccc54)c3-c3ccc(-c4cc(-c5ccccc5)nc(-c5ccccc5)n4)cc3)c2)cc1. The maximum absolute atomic E-state index is 5.36. The minimum absolute atomic E-state index is 0.705. The molecule has 0 aliphatic heterocycles. The molecule has 55 heavy (non-hydrogen) atoms. The topological polar surface area (TPSA) is 38.7 Å². The van der Waals surface area contributed by atoms with E-state index in [4.69, 9.17) is 15.0 Å². The van der Waals surface area contributed by atoms with Crippen molar-refractivity contribution in [3.05, 3.63) is 200 Å². The number of pyridine rings is 1. The second-order valence-electron chi connectivity index (χ2n) is 13.6. The zero-order valence-electron chi connectivity index (χ0n) is 29.8. The van der Waals surface area contributed by atoms with Crippen LogP contribution in [0.2, 0.25) is 0 Å². The van der Waals surface area contributed by atoms with Crippen LogP contribution in [-0.2, 0) is 0 Å². The predicted octanol–water partition coefficient (Wildman–Crippen LogP) is 13.9. The lowest BCUT2D eigenvalue weighted by Crippen LogP contribution is -1.96. The molecule has 258 valence electrons. The highest BCUT2D eigenvalue weighted by atomic mass is 32.1. The van der Waals surface area contributed by atoms with Gasteiger partial charge in [-0.1, -0.05) is 182 Å². The molecule has 0 N–H and O–H groups in total. The third-order valence-electron chi connectivity index (χ3n) is 10.1. The van der Waals surface area contributed by atoms with Crippen LogP contribution in [0, 0.1) is 0 Å². The summed E-state index contributed by atoms with van der Waals surface area (Å²) in [4.78, 5) is 16.7. The molecule has 0 unspecified atom stereocenters. The first-order chi connectivity index (χ1) is 27.3. The van der Waals surface area contributed by atoms with Crippen LogP contribution in [0.1, 0.15) is 0 Å². The summed E-state index contributed by atoms with van der Waals surface area (Å²) in [7, 11) is 0. The standard InChI is InChI=1S/C51H33N3S/c1-5-16-34(17-6-1)40-24-15-25-41(32-40)49-46(47-48(38-20-9-3-10-21-38)52-43-27-14-13-26-42(43)50(47)55-49)37-30-28-36(29-31-37)45-33-44(35-18-7-2-8-19-35)53-51(54-45)39-22-11-4-12-23-39/h1-33H. The molecule has 10 rings (SSSR count). The molecule has 3 heterocycles. The summed E-state index contributed by atoms with van der Waals surface area (Å²) >= 11 is 1.85. The summed E-state index contributed by atoms with van der Waals surface area (Å²) in [5, 5.41) is 2.33. The fraction of sp³-hybridized carbons (Fsp3) is 0. The van der Waals surface area contributed by atoms with Crippen molar-refractivity contribution in [2.24, 2.45) is 0 Å². The molecule has 3 nitrogen and oxygen atoms in total. The molecule has 7 aromatic carbocycles. The van der Waals surface area contributed by atoms with Crippen LogP contribution < -0.4 is 0 Å². The van der Waals surface area contributed by atoms with Crippen LogP contribution in [0.3, 0.4) is 0 Å². The lowest BCUT2D eigenvalue weighted by molar-refractivity contribution is 1.18. The van der Waals surface area contributed by atoms with Crippen molar-refractivity contribution in [3.8, 4) is 77.9 Å². The van der Waals surface area contributed by atoms with Gasteiger partial charge in [0, 0.05) is 48.2 Å². The van der Waals surface area contributed by atoms with Gasteiger partial charge in [-0.15, -0.1) is 11.3 Å². The first-order valence-electron chi connectivity index (χ1n) is 18.4. The quantitative estimate of drug-likeness (QED) is 0.165. The van der Waals surface area contributed by atoms with Crippen LogP contribution in [0.5, 0.6) is 0 Å². The van der Waals surface area contributed by atoms with Gasteiger partial charge in [0.1, 0.15) is 0 Å². The number of thiophene rings is 1. The summed E-state index contributed by atoms with van der Waals surface area (Å²) in [6.45, 7) is 0. The Morgan fingerprint density at radius 2 is 0.855 bits per heavy atom. The maximum atomic E-state index is 5.36. The lowest BCUT2D eigenvalue weighted by Gasteiger charge is -2.12. The lowest BCUT2D eigenvalue weighted by atomic mass is 9.93. The highest BCUT2D eigenvalue weighted by Crippen LogP contribution is 2.50. The number of hydrogen-bond donors (Lipinski definition) is 0. The molecule has 0 amide bonds. The third kappa shape index (κ3) is 6.19. The zero-order chi connectivity index (χ0) is 36.6. The summed E-state index contributed by atoms with van der Waals surface area (Å²) in [6, 6.07) is 70.2. The number of fused-ring (bicyclic) bond motifs is 3. The average molecular weight is 720 g/mol. The number of aromatic nitrogens is 3. The van der Waals surface area contributed by atoms with Gasteiger partial charge in [-0.2, -0.15) is 0 Å². The summed E-state index contributed by atoms with van der Waals surface area (Å²) in [6.07, 6.45) is 0. The van der Waals surface area contributed by atoms with E-state index in [0.717, 1.165) is 55.8 Å². The molecular weight excluding hydrogens is 687 g/mol. The van der Waals surface area contributed by atoms with E-state index in [1.165, 1.54) is 37.2 Å². The molecule has 0 atom stereocenters. The number of para-hydroxylation sites is 1. The molecular formula is C51H33N3S. The Kier molecular flexibility index (Phi) is 8.36. The fourth-order valence-electron chi connectivity index (χ4n) is 7.42. The van der Waals surface area contributed by atoms with Crippen LogP contribution >= 0.6 is 11.3 Å². The number of rotatable bonds is 7. The number of hydrogen-bond acceptors (Lipinski definition) is 4. The second kappa shape index (κ2) is 14.1. The van der Waals surface area contributed by atoms with E-state index in [-0.39, 0.29) is 0 Å². The van der Waals surface area contributed by atoms with Gasteiger partial charge in [0.05, 0.1) is 22.6 Å². The van der Waals surface area contributed by atoms with Crippen LogP contribution in [-0.4, -0.2) is 15.0 Å². The molecule has 0 fully saturated rings. The predicted molar refractivity (Wildman–Crippen MR) is 231 cm³/mol. The van der Waals surface area contributed by atoms with Gasteiger partial charge >= 0.3 is 0 Å². The van der Waals surface area contributed by atoms with Crippen molar-refractivity contribution in [2.75, 3.05) is 0 Å². The highest BCUT2D eigenvalue weighted by molar-refractivity contribution is 7.24. The van der Waals surface area contributed by atoms with Crippen molar-refractivity contribution in [3.63, 3.8) is 0 Å². The van der Waals surface area contributed by atoms with Crippen LogP contribution in [0.15, 0.2) is 200 Å². The van der Waals surface area contributed by atoms with Gasteiger partial charge in [-0.05, 0) is 40.5 Å². The minimum Gasteiger partial charge on any atom is -0.247 e. The Morgan fingerprint density at radius 1 is 0.345 bits per heavy atom. The van der Waals surface area contributed by atoms with Crippen LogP contribution in [0.25, 0.3) is 98.8 Å². The van der Waals surface area contributed by atoms with Crippen molar-refractivity contribution in [1.29, 1.82) is 0 Å². The van der Waals surface area contributed by atoms with Crippen molar-refractivity contribution < 1.29 is 0 Å². The highest BCUT2D eigenvalue weighted by Gasteiger charge is 2.23. The van der Waals surface area contributed by atoms with Gasteiger partial charge in [0.15, 0.2) is 5.82 Å². The molecule has 0 aliphatic carbocycles. The van der Waals surface area contributed by atoms with E-state index >= 15 is 0 Å². The molecule has 0 aliphatic rings. The smallest absolute Gasteiger partial charge is 0.160 e. The molecule has 3 aromatic heterocycles. The first-order valence-corrected chi connectivity index (χ1v) is 19.3. The van der Waals surface area contributed by atoms with E-state index in [0.29, 0.717) is 5.82 Å². The molecule has 0 saturated carbocycles. The summed E-state index contributed by atoms with van der Waals surface area (Å²) in [5.41, 5.74) is 13.8. The monoisotopic (exact) mass is 719 g/mol.